The molecular weight excluding hydrogens is 108 g/mol. The Morgan fingerprint density at radius 2 is 2.25 bits per heavy atom. The monoisotopic (exact) mass is 114 g/mol. The first-order valence-corrected chi connectivity index (χ1v) is 2.06. The van der Waals surface area contributed by atoms with Gasteiger partial charge in [-0.2, -0.15) is 4.99 Å². The van der Waals surface area contributed by atoms with Crippen LogP contribution >= 0.6 is 0 Å². The van der Waals surface area contributed by atoms with Gasteiger partial charge < -0.3 is 16.2 Å². The predicted molar refractivity (Wildman–Crippen MR) is 29.2 cm³/mol. The summed E-state index contributed by atoms with van der Waals surface area (Å²) in [6.07, 6.45) is 0. The Kier molecular flexibility index (Phi) is 1.03. The average Bonchev–Trinajstić information content (AvgIpc) is 1.64. The lowest BCUT2D eigenvalue weighted by molar-refractivity contribution is 0.308. The van der Waals surface area contributed by atoms with Crippen LogP contribution in [0.4, 0.5) is 0 Å². The lowest BCUT2D eigenvalue weighted by Gasteiger charge is -2.05. The molecule has 0 fully saturated rings. The van der Waals surface area contributed by atoms with E-state index in [0.717, 1.165) is 0 Å². The third-order valence-corrected chi connectivity index (χ3v) is 0.664. The SMILES string of the molecule is NC1=NCOC(N)=N1. The molecule has 0 radical (unpaired) electrons. The fourth-order valence-corrected chi connectivity index (χ4v) is 0.345. The third-order valence-electron chi connectivity index (χ3n) is 0.664. The quantitative estimate of drug-likeness (QED) is 0.406. The third kappa shape index (κ3) is 0.868. The van der Waals surface area contributed by atoms with Gasteiger partial charge in [0.25, 0.3) is 6.02 Å². The Morgan fingerprint density at radius 3 is 2.62 bits per heavy atom. The number of hydrogen-bond acceptors (Lipinski definition) is 5. The highest BCUT2D eigenvalue weighted by atomic mass is 16.5. The highest BCUT2D eigenvalue weighted by Gasteiger charge is 1.98. The van der Waals surface area contributed by atoms with Crippen LogP contribution in [0.25, 0.3) is 0 Å². The van der Waals surface area contributed by atoms with E-state index in [0.29, 0.717) is 0 Å². The van der Waals surface area contributed by atoms with Crippen molar-refractivity contribution < 1.29 is 4.74 Å². The molecule has 0 atom stereocenters. The molecular formula is C3H6N4O. The Hall–Kier alpha value is -1.26. The van der Waals surface area contributed by atoms with Crippen LogP contribution in [-0.4, -0.2) is 18.7 Å². The molecule has 44 valence electrons. The van der Waals surface area contributed by atoms with E-state index < -0.39 is 0 Å². The minimum atomic E-state index is 0.0810. The van der Waals surface area contributed by atoms with Gasteiger partial charge in [-0.15, -0.1) is 0 Å². The van der Waals surface area contributed by atoms with Gasteiger partial charge in [0.05, 0.1) is 0 Å². The number of rotatable bonds is 0. The lowest BCUT2D eigenvalue weighted by Crippen LogP contribution is -2.26. The van der Waals surface area contributed by atoms with Crippen molar-refractivity contribution in [2.75, 3.05) is 6.73 Å². The molecule has 1 aliphatic heterocycles. The van der Waals surface area contributed by atoms with Gasteiger partial charge in [-0.1, -0.05) is 0 Å². The Balaban J connectivity index is 2.69. The van der Waals surface area contributed by atoms with Gasteiger partial charge in [0.15, 0.2) is 6.73 Å². The highest BCUT2D eigenvalue weighted by Crippen LogP contribution is 1.85. The fraction of sp³-hybridized carbons (Fsp3) is 0.333. The van der Waals surface area contributed by atoms with E-state index in [1.807, 2.05) is 0 Å². The van der Waals surface area contributed by atoms with Gasteiger partial charge in [0, 0.05) is 0 Å². The Labute approximate surface area is 46.0 Å². The number of amidine groups is 1. The first-order valence-electron chi connectivity index (χ1n) is 2.06. The van der Waals surface area contributed by atoms with Crippen LogP contribution in [-0.2, 0) is 4.74 Å². The summed E-state index contributed by atoms with van der Waals surface area (Å²) in [5.41, 5.74) is 10.2. The molecule has 1 heterocycles. The smallest absolute Gasteiger partial charge is 0.291 e. The maximum absolute atomic E-state index is 5.13. The molecule has 0 bridgehead atoms. The van der Waals surface area contributed by atoms with Gasteiger partial charge in [-0.25, -0.2) is 4.99 Å². The molecule has 0 aliphatic carbocycles. The summed E-state index contributed by atoms with van der Waals surface area (Å²) in [6, 6.07) is 0.0810. The predicted octanol–water partition coefficient (Wildman–Crippen LogP) is -1.40. The fourth-order valence-electron chi connectivity index (χ4n) is 0.345. The summed E-state index contributed by atoms with van der Waals surface area (Å²) in [5, 5.41) is 0. The maximum atomic E-state index is 5.13. The van der Waals surface area contributed by atoms with Crippen molar-refractivity contribution in [3.05, 3.63) is 0 Å². The zero-order chi connectivity index (χ0) is 5.98. The van der Waals surface area contributed by atoms with E-state index in [2.05, 4.69) is 14.7 Å². The number of nitrogens with two attached hydrogens (primary N) is 2. The second-order valence-electron chi connectivity index (χ2n) is 1.24. The zero-order valence-corrected chi connectivity index (χ0v) is 4.16. The summed E-state index contributed by atoms with van der Waals surface area (Å²) in [4.78, 5) is 7.07. The molecule has 8 heavy (non-hydrogen) atoms. The van der Waals surface area contributed by atoms with Crippen LogP contribution in [0.15, 0.2) is 9.98 Å². The second-order valence-corrected chi connectivity index (χ2v) is 1.24. The Morgan fingerprint density at radius 1 is 1.50 bits per heavy atom. The van der Waals surface area contributed by atoms with Gasteiger partial charge in [0.1, 0.15) is 0 Å². The van der Waals surface area contributed by atoms with E-state index >= 15 is 0 Å². The summed E-state index contributed by atoms with van der Waals surface area (Å²) < 4.78 is 4.61. The number of nitrogens with zero attached hydrogens (tertiary/aromatic N) is 2. The molecule has 5 heteroatoms. The molecule has 0 aromatic carbocycles. The number of ether oxygens (including phenoxy) is 1. The van der Waals surface area contributed by atoms with E-state index in [-0.39, 0.29) is 18.7 Å². The van der Waals surface area contributed by atoms with Crippen molar-refractivity contribution in [1.29, 1.82) is 0 Å². The molecule has 5 nitrogen and oxygen atoms in total. The van der Waals surface area contributed by atoms with E-state index in [9.17, 15) is 0 Å². The number of guanidine groups is 1. The topological polar surface area (TPSA) is 86.0 Å². The standard InChI is InChI=1S/C3H6N4O/c4-2-6-1-8-3(5)7-2/h1H2,(H4,4,5,6,7). The number of aliphatic imine (C=N–C) groups is 2. The first kappa shape index (κ1) is 4.89. The first-order chi connectivity index (χ1) is 3.79. The number of hydrogen-bond donors (Lipinski definition) is 2. The minimum absolute atomic E-state index is 0.0810. The van der Waals surface area contributed by atoms with Crippen molar-refractivity contribution >= 4 is 12.0 Å². The normalized spacial score (nSPS) is 18.5. The van der Waals surface area contributed by atoms with Crippen molar-refractivity contribution in [3.8, 4) is 0 Å². The molecule has 1 rings (SSSR count). The van der Waals surface area contributed by atoms with E-state index in [1.54, 1.807) is 0 Å². The van der Waals surface area contributed by atoms with Crippen molar-refractivity contribution in [2.45, 2.75) is 0 Å². The molecule has 0 spiro atoms. The zero-order valence-electron chi connectivity index (χ0n) is 4.16. The summed E-state index contributed by atoms with van der Waals surface area (Å²) in [6.45, 7) is 0.182. The van der Waals surface area contributed by atoms with E-state index in [4.69, 9.17) is 11.5 Å². The van der Waals surface area contributed by atoms with Gasteiger partial charge in [-0.05, 0) is 0 Å². The molecule has 0 saturated carbocycles. The average molecular weight is 114 g/mol. The van der Waals surface area contributed by atoms with Crippen molar-refractivity contribution in [3.63, 3.8) is 0 Å². The lowest BCUT2D eigenvalue weighted by atomic mass is 10.9. The van der Waals surface area contributed by atoms with Crippen LogP contribution in [0.5, 0.6) is 0 Å². The van der Waals surface area contributed by atoms with Crippen LogP contribution in [0.1, 0.15) is 0 Å². The Bertz CT molecular complexity index is 149. The van der Waals surface area contributed by atoms with Crippen LogP contribution in [0, 0.1) is 0 Å². The molecule has 0 saturated heterocycles. The molecule has 0 aromatic heterocycles. The highest BCUT2D eigenvalue weighted by molar-refractivity contribution is 5.91. The van der Waals surface area contributed by atoms with Crippen LogP contribution in [0.3, 0.4) is 0 Å². The summed E-state index contributed by atoms with van der Waals surface area (Å²) in [7, 11) is 0. The summed E-state index contributed by atoms with van der Waals surface area (Å²) in [5.74, 6) is 0.175. The van der Waals surface area contributed by atoms with E-state index in [1.165, 1.54) is 0 Å². The minimum Gasteiger partial charge on any atom is -0.442 e. The molecule has 4 N–H and O–H groups in total. The van der Waals surface area contributed by atoms with Gasteiger partial charge >= 0.3 is 0 Å². The van der Waals surface area contributed by atoms with Crippen molar-refractivity contribution in [2.24, 2.45) is 21.5 Å². The maximum Gasteiger partial charge on any atom is 0.291 e. The van der Waals surface area contributed by atoms with Crippen LogP contribution < -0.4 is 11.5 Å². The molecule has 0 aromatic rings. The molecule has 0 unspecified atom stereocenters. The van der Waals surface area contributed by atoms with Gasteiger partial charge in [-0.3, -0.25) is 0 Å². The summed E-state index contributed by atoms with van der Waals surface area (Å²) >= 11 is 0. The largest absolute Gasteiger partial charge is 0.442 e. The second kappa shape index (κ2) is 1.69. The van der Waals surface area contributed by atoms with Gasteiger partial charge in [0.2, 0.25) is 5.96 Å². The molecule has 1 aliphatic rings. The molecule has 0 amide bonds. The van der Waals surface area contributed by atoms with Crippen molar-refractivity contribution in [1.82, 2.24) is 0 Å². The van der Waals surface area contributed by atoms with Crippen LogP contribution in [0.2, 0.25) is 0 Å².